The third-order valence-corrected chi connectivity index (χ3v) is 4.73. The van der Waals surface area contributed by atoms with Gasteiger partial charge in [-0.25, -0.2) is 4.98 Å². The molecule has 0 aliphatic heterocycles. The lowest BCUT2D eigenvalue weighted by Gasteiger charge is -2.19. The van der Waals surface area contributed by atoms with Crippen molar-refractivity contribution in [3.63, 3.8) is 0 Å². The van der Waals surface area contributed by atoms with Gasteiger partial charge in [-0.05, 0) is 63.1 Å². The average Bonchev–Trinajstić information content (AvgIpc) is 3.32. The molecule has 5 heteroatoms. The minimum absolute atomic E-state index is 0.0347. The molecule has 134 valence electrons. The molecule has 1 heterocycles. The maximum absolute atomic E-state index is 12.7. The summed E-state index contributed by atoms with van der Waals surface area (Å²) < 4.78 is 1.98. The number of hydrogen-bond donors (Lipinski definition) is 2. The minimum atomic E-state index is -0.701. The van der Waals surface area contributed by atoms with Crippen LogP contribution in [0, 0.1) is 5.92 Å². The van der Waals surface area contributed by atoms with Crippen molar-refractivity contribution in [2.45, 2.75) is 51.2 Å². The van der Waals surface area contributed by atoms with E-state index in [-0.39, 0.29) is 11.9 Å². The molecule has 1 fully saturated rings. The van der Waals surface area contributed by atoms with Crippen LogP contribution in [0.4, 0.5) is 0 Å². The van der Waals surface area contributed by atoms with Gasteiger partial charge in [-0.1, -0.05) is 12.1 Å². The first-order chi connectivity index (χ1) is 11.8. The third kappa shape index (κ3) is 4.69. The highest BCUT2D eigenvalue weighted by atomic mass is 16.3. The number of carbonyl (C=O) groups is 1. The molecule has 5 nitrogen and oxygen atoms in total. The van der Waals surface area contributed by atoms with Gasteiger partial charge in [0.05, 0.1) is 11.6 Å². The van der Waals surface area contributed by atoms with E-state index >= 15 is 0 Å². The average molecular weight is 341 g/mol. The van der Waals surface area contributed by atoms with Gasteiger partial charge < -0.3 is 15.0 Å². The van der Waals surface area contributed by atoms with Crippen LogP contribution in [-0.4, -0.2) is 26.2 Å². The van der Waals surface area contributed by atoms with Crippen molar-refractivity contribution in [2.75, 3.05) is 0 Å². The zero-order valence-electron chi connectivity index (χ0n) is 15.2. The maximum atomic E-state index is 12.7. The second-order valence-electron chi connectivity index (χ2n) is 7.70. The van der Waals surface area contributed by atoms with Gasteiger partial charge in [0.1, 0.15) is 5.82 Å². The van der Waals surface area contributed by atoms with Crippen LogP contribution in [0.2, 0.25) is 0 Å². The zero-order chi connectivity index (χ0) is 18.0. The van der Waals surface area contributed by atoms with E-state index in [4.69, 9.17) is 0 Å². The first kappa shape index (κ1) is 17.7. The van der Waals surface area contributed by atoms with Gasteiger partial charge in [0, 0.05) is 25.0 Å². The quantitative estimate of drug-likeness (QED) is 0.813. The monoisotopic (exact) mass is 341 g/mol. The van der Waals surface area contributed by atoms with Crippen LogP contribution in [0.25, 0.3) is 0 Å². The second kappa shape index (κ2) is 7.00. The number of amides is 1. The van der Waals surface area contributed by atoms with Crippen LogP contribution in [0.15, 0.2) is 36.7 Å². The Morgan fingerprint density at radius 1 is 1.44 bits per heavy atom. The van der Waals surface area contributed by atoms with Gasteiger partial charge in [-0.2, -0.15) is 0 Å². The van der Waals surface area contributed by atoms with Crippen LogP contribution in [0.5, 0.6) is 0 Å². The van der Waals surface area contributed by atoms with Crippen molar-refractivity contribution in [1.29, 1.82) is 0 Å². The first-order valence-electron chi connectivity index (χ1n) is 8.93. The Kier molecular flexibility index (Phi) is 4.95. The summed E-state index contributed by atoms with van der Waals surface area (Å²) in [5.41, 5.74) is 1.02. The molecule has 1 aliphatic carbocycles. The number of nitrogens with one attached hydrogen (secondary N) is 1. The summed E-state index contributed by atoms with van der Waals surface area (Å²) in [6.45, 7) is 3.60. The molecule has 2 N–H and O–H groups in total. The van der Waals surface area contributed by atoms with E-state index in [1.807, 2.05) is 42.1 Å². The number of aliphatic hydroxyl groups is 1. The van der Waals surface area contributed by atoms with E-state index in [1.165, 1.54) is 0 Å². The molecule has 1 amide bonds. The topological polar surface area (TPSA) is 67.2 Å². The van der Waals surface area contributed by atoms with Crippen molar-refractivity contribution in [1.82, 2.24) is 14.9 Å². The van der Waals surface area contributed by atoms with E-state index in [0.29, 0.717) is 17.9 Å². The molecule has 0 spiro atoms. The van der Waals surface area contributed by atoms with Gasteiger partial charge >= 0.3 is 0 Å². The summed E-state index contributed by atoms with van der Waals surface area (Å²) in [6, 6.07) is 7.63. The van der Waals surface area contributed by atoms with Crippen LogP contribution >= 0.6 is 0 Å². The van der Waals surface area contributed by atoms with E-state index in [9.17, 15) is 9.90 Å². The maximum Gasteiger partial charge on any atom is 0.251 e. The molecule has 2 aromatic rings. The minimum Gasteiger partial charge on any atom is -0.390 e. The number of hydrogen-bond acceptors (Lipinski definition) is 3. The SMILES string of the molecule is Cn1ccnc1[C@@H](NC(=O)c1cccc(CCC(C)(C)O)c1)C1CC1. The van der Waals surface area contributed by atoms with Gasteiger partial charge in [-0.3, -0.25) is 4.79 Å². The number of benzene rings is 1. The second-order valence-corrected chi connectivity index (χ2v) is 7.70. The molecule has 0 bridgehead atoms. The Morgan fingerprint density at radius 2 is 2.20 bits per heavy atom. The molecule has 1 atom stereocenters. The van der Waals surface area contributed by atoms with Gasteiger partial charge in [-0.15, -0.1) is 0 Å². The molecular weight excluding hydrogens is 314 g/mol. The van der Waals surface area contributed by atoms with Crippen LogP contribution in [-0.2, 0) is 13.5 Å². The highest BCUT2D eigenvalue weighted by Gasteiger charge is 2.35. The Hall–Kier alpha value is -2.14. The Labute approximate surface area is 149 Å². The highest BCUT2D eigenvalue weighted by Crippen LogP contribution is 2.40. The molecule has 1 aliphatic rings. The molecular formula is C20H27N3O2. The molecule has 0 saturated heterocycles. The van der Waals surface area contributed by atoms with Gasteiger partial charge in [0.25, 0.3) is 5.91 Å². The summed E-state index contributed by atoms with van der Waals surface area (Å²) >= 11 is 0. The number of rotatable bonds is 7. The third-order valence-electron chi connectivity index (χ3n) is 4.73. The summed E-state index contributed by atoms with van der Waals surface area (Å²) in [5.74, 6) is 1.32. The van der Waals surface area contributed by atoms with Crippen molar-refractivity contribution < 1.29 is 9.90 Å². The highest BCUT2D eigenvalue weighted by molar-refractivity contribution is 5.94. The van der Waals surface area contributed by atoms with Crippen molar-refractivity contribution in [3.05, 3.63) is 53.6 Å². The van der Waals surface area contributed by atoms with E-state index in [0.717, 1.165) is 30.7 Å². The summed E-state index contributed by atoms with van der Waals surface area (Å²) in [4.78, 5) is 17.2. The van der Waals surface area contributed by atoms with Crippen LogP contribution in [0.1, 0.15) is 60.9 Å². The molecule has 1 aromatic heterocycles. The number of imidazole rings is 1. The van der Waals surface area contributed by atoms with Crippen molar-refractivity contribution >= 4 is 5.91 Å². The molecule has 0 radical (unpaired) electrons. The Bertz CT molecular complexity index is 741. The first-order valence-corrected chi connectivity index (χ1v) is 8.93. The lowest BCUT2D eigenvalue weighted by atomic mass is 9.97. The van der Waals surface area contributed by atoms with Crippen LogP contribution < -0.4 is 5.32 Å². The number of aryl methyl sites for hydroxylation is 2. The predicted octanol–water partition coefficient (Wildman–Crippen LogP) is 3.00. The standard InChI is InChI=1S/C20H27N3O2/c1-20(2,25)10-9-14-5-4-6-16(13-14)19(24)22-17(15-7-8-15)18-21-11-12-23(18)3/h4-6,11-13,15,17,25H,7-10H2,1-3H3,(H,22,24)/t17-/m0/s1. The van der Waals surface area contributed by atoms with Gasteiger partial charge in [0.15, 0.2) is 0 Å². The summed E-state index contributed by atoms with van der Waals surface area (Å²) in [6.07, 6.45) is 7.35. The van der Waals surface area contributed by atoms with E-state index in [1.54, 1.807) is 20.0 Å². The lowest BCUT2D eigenvalue weighted by molar-refractivity contribution is 0.0714. The smallest absolute Gasteiger partial charge is 0.251 e. The molecule has 3 rings (SSSR count). The normalized spacial score (nSPS) is 15.8. The van der Waals surface area contributed by atoms with E-state index < -0.39 is 5.60 Å². The lowest BCUT2D eigenvalue weighted by Crippen LogP contribution is -2.31. The fourth-order valence-electron chi connectivity index (χ4n) is 3.04. The number of aromatic nitrogens is 2. The van der Waals surface area contributed by atoms with E-state index in [2.05, 4.69) is 10.3 Å². The molecule has 1 aromatic carbocycles. The largest absolute Gasteiger partial charge is 0.390 e. The Balaban J connectivity index is 1.71. The zero-order valence-corrected chi connectivity index (χ0v) is 15.2. The summed E-state index contributed by atoms with van der Waals surface area (Å²) in [5, 5.41) is 13.1. The predicted molar refractivity (Wildman–Crippen MR) is 97.2 cm³/mol. The summed E-state index contributed by atoms with van der Waals surface area (Å²) in [7, 11) is 1.96. The fourth-order valence-corrected chi connectivity index (χ4v) is 3.04. The fraction of sp³-hybridized carbons (Fsp3) is 0.500. The molecule has 25 heavy (non-hydrogen) atoms. The molecule has 1 saturated carbocycles. The van der Waals surface area contributed by atoms with Crippen LogP contribution in [0.3, 0.4) is 0 Å². The van der Waals surface area contributed by atoms with Crippen molar-refractivity contribution in [2.24, 2.45) is 13.0 Å². The van der Waals surface area contributed by atoms with Gasteiger partial charge in [0.2, 0.25) is 0 Å². The molecule has 0 unspecified atom stereocenters. The number of nitrogens with zero attached hydrogens (tertiary/aromatic N) is 2. The number of carbonyl (C=O) groups excluding carboxylic acids is 1. The Morgan fingerprint density at radius 3 is 2.80 bits per heavy atom. The van der Waals surface area contributed by atoms with Crippen molar-refractivity contribution in [3.8, 4) is 0 Å².